The fourth-order valence-corrected chi connectivity index (χ4v) is 9.44. The van der Waals surface area contributed by atoms with Gasteiger partial charge in [-0.2, -0.15) is 5.26 Å². The van der Waals surface area contributed by atoms with Gasteiger partial charge < -0.3 is 9.80 Å². The highest BCUT2D eigenvalue weighted by Gasteiger charge is 2.20. The monoisotopic (exact) mass is 909 g/mol. The molecule has 2 aliphatic rings. The number of hydrogen-bond donors (Lipinski definition) is 0. The highest BCUT2D eigenvalue weighted by molar-refractivity contribution is 7.11. The number of thiophene rings is 1. The number of hydrogen-bond acceptors (Lipinski definition) is 6. The minimum Gasteiger partial charge on any atom is -0.345 e. The van der Waals surface area contributed by atoms with Crippen molar-refractivity contribution in [2.45, 2.75) is 134 Å². The first-order valence-corrected chi connectivity index (χ1v) is 24.1. The summed E-state index contributed by atoms with van der Waals surface area (Å²) >= 11 is 3.41. The summed E-state index contributed by atoms with van der Waals surface area (Å²) in [5.74, 6) is 1.46. The van der Waals surface area contributed by atoms with Gasteiger partial charge in [-0.1, -0.05) is 111 Å². The van der Waals surface area contributed by atoms with Crippen molar-refractivity contribution in [2.24, 2.45) is 0 Å². The van der Waals surface area contributed by atoms with E-state index in [4.69, 9.17) is 5.26 Å². The van der Waals surface area contributed by atoms with E-state index < -0.39 is 0 Å². The number of benzene rings is 4. The third-order valence-corrected chi connectivity index (χ3v) is 13.2. The molecule has 0 amide bonds. The Morgan fingerprint density at radius 3 is 1.68 bits per heavy atom. The molecule has 0 atom stereocenters. The molecule has 4 nitrogen and oxygen atoms in total. The Bertz CT molecular complexity index is 2560. The Kier molecular flexibility index (Phi) is 20.4. The van der Waals surface area contributed by atoms with Crippen molar-refractivity contribution < 1.29 is 4.39 Å². The summed E-state index contributed by atoms with van der Waals surface area (Å²) in [6.07, 6.45) is 8.36. The number of nitrogens with zero attached hydrogens (tertiary/aromatic N) is 4. The van der Waals surface area contributed by atoms with Gasteiger partial charge in [0.05, 0.1) is 44.0 Å². The van der Waals surface area contributed by atoms with Crippen molar-refractivity contribution in [1.29, 1.82) is 5.26 Å². The lowest BCUT2D eigenvalue weighted by molar-refractivity contribution is 0.439. The topological polar surface area (TPSA) is 43.2 Å². The van der Waals surface area contributed by atoms with Crippen molar-refractivity contribution in [3.05, 3.63) is 181 Å². The maximum atomic E-state index is 13.1. The molecule has 0 saturated heterocycles. The van der Waals surface area contributed by atoms with E-state index in [9.17, 15) is 4.39 Å². The van der Waals surface area contributed by atoms with Gasteiger partial charge in [-0.05, 0) is 170 Å². The molecule has 0 unspecified atom stereocenters. The first-order valence-electron chi connectivity index (χ1n) is 22.3. The minimum absolute atomic E-state index is 0. The van der Waals surface area contributed by atoms with Crippen molar-refractivity contribution in [3.8, 4) is 6.07 Å². The van der Waals surface area contributed by atoms with Crippen LogP contribution in [0.25, 0.3) is 34.3 Å². The smallest absolute Gasteiger partial charge is 0.126 e. The SMILES string of the molecule is C.C=C1c2sccc2C=CN1C(C)C.C=C1c2scnc2C=CN1C(C)C.Cc1cc(C#N)ccc1C(C)C.Cc1cc(C)c(C(C)C)cc1F.Cc1cc2ccccc2cc1C(C)C. The molecule has 6 aromatic rings. The van der Waals surface area contributed by atoms with E-state index in [2.05, 4.69) is 183 Å². The zero-order valence-corrected chi connectivity index (χ0v) is 42.3. The molecule has 65 heavy (non-hydrogen) atoms. The lowest BCUT2D eigenvalue weighted by atomic mass is 9.94. The van der Waals surface area contributed by atoms with Crippen LogP contribution in [0.4, 0.5) is 4.39 Å². The predicted molar refractivity (Wildman–Crippen MR) is 286 cm³/mol. The fourth-order valence-electron chi connectivity index (χ4n) is 7.82. The van der Waals surface area contributed by atoms with Gasteiger partial charge in [0.1, 0.15) is 5.82 Å². The maximum absolute atomic E-state index is 13.1. The number of aromatic nitrogens is 1. The molecule has 0 N–H and O–H groups in total. The van der Waals surface area contributed by atoms with Gasteiger partial charge in [0.2, 0.25) is 0 Å². The van der Waals surface area contributed by atoms with Gasteiger partial charge in [0, 0.05) is 24.5 Å². The maximum Gasteiger partial charge on any atom is 0.126 e. The van der Waals surface area contributed by atoms with Gasteiger partial charge in [-0.25, -0.2) is 9.37 Å². The normalized spacial score (nSPS) is 12.4. The molecule has 0 spiro atoms. The van der Waals surface area contributed by atoms with E-state index in [0.29, 0.717) is 29.8 Å². The average molecular weight is 909 g/mol. The molecule has 0 fully saturated rings. The molecular formula is C58H73FN4S2. The third-order valence-electron chi connectivity index (χ3n) is 11.3. The molecule has 0 aliphatic carbocycles. The summed E-state index contributed by atoms with van der Waals surface area (Å²) in [4.78, 5) is 11.1. The van der Waals surface area contributed by atoms with Crippen LogP contribution in [0.2, 0.25) is 0 Å². The second-order valence-electron chi connectivity index (χ2n) is 18.0. The number of nitriles is 1. The van der Waals surface area contributed by atoms with E-state index in [1.807, 2.05) is 42.8 Å². The Morgan fingerprint density at radius 1 is 0.600 bits per heavy atom. The highest BCUT2D eigenvalue weighted by atomic mass is 32.1. The van der Waals surface area contributed by atoms with Crippen LogP contribution in [-0.2, 0) is 0 Å². The van der Waals surface area contributed by atoms with Crippen LogP contribution in [0.5, 0.6) is 0 Å². The van der Waals surface area contributed by atoms with Gasteiger partial charge in [-0.15, -0.1) is 22.7 Å². The van der Waals surface area contributed by atoms with Crippen LogP contribution < -0.4 is 0 Å². The number of thiazole rings is 1. The summed E-state index contributed by atoms with van der Waals surface area (Å²) in [6.45, 7) is 37.9. The van der Waals surface area contributed by atoms with E-state index in [0.717, 1.165) is 33.8 Å². The first kappa shape index (κ1) is 53.8. The molecular weight excluding hydrogens is 836 g/mol. The molecule has 2 aromatic heterocycles. The van der Waals surface area contributed by atoms with E-state index in [1.165, 1.54) is 53.9 Å². The molecule has 0 saturated carbocycles. The minimum atomic E-state index is -0.0932. The van der Waals surface area contributed by atoms with Crippen LogP contribution in [-0.4, -0.2) is 26.9 Å². The first-order chi connectivity index (χ1) is 30.2. The summed E-state index contributed by atoms with van der Waals surface area (Å²) in [7, 11) is 0. The fraction of sp³-hybridized carbons (Fsp3) is 0.345. The lowest BCUT2D eigenvalue weighted by Gasteiger charge is -2.29. The molecule has 344 valence electrons. The summed E-state index contributed by atoms with van der Waals surface area (Å²) in [5, 5.41) is 13.4. The van der Waals surface area contributed by atoms with Crippen molar-refractivity contribution >= 4 is 57.0 Å². The van der Waals surface area contributed by atoms with E-state index in [1.54, 1.807) is 35.7 Å². The Labute approximate surface area is 400 Å². The van der Waals surface area contributed by atoms with Crippen LogP contribution in [0.1, 0.15) is 160 Å². The summed E-state index contributed by atoms with van der Waals surface area (Å²) in [6, 6.07) is 27.8. The van der Waals surface area contributed by atoms with Crippen LogP contribution in [0, 0.1) is 44.8 Å². The Balaban J connectivity index is 0.000000215. The average Bonchev–Trinajstić information content (AvgIpc) is 3.94. The largest absolute Gasteiger partial charge is 0.345 e. The van der Waals surface area contributed by atoms with Gasteiger partial charge in [-0.3, -0.25) is 0 Å². The summed E-state index contributed by atoms with van der Waals surface area (Å²) < 4.78 is 13.1. The molecule has 4 aromatic carbocycles. The van der Waals surface area contributed by atoms with Crippen LogP contribution in [0.15, 0.2) is 109 Å². The molecule has 7 heteroatoms. The van der Waals surface area contributed by atoms with Gasteiger partial charge >= 0.3 is 0 Å². The Morgan fingerprint density at radius 2 is 1.12 bits per heavy atom. The third kappa shape index (κ3) is 14.2. The number of halogens is 1. The lowest BCUT2D eigenvalue weighted by Crippen LogP contribution is -2.24. The molecule has 8 rings (SSSR count). The van der Waals surface area contributed by atoms with E-state index >= 15 is 0 Å². The van der Waals surface area contributed by atoms with Crippen LogP contribution >= 0.6 is 22.7 Å². The summed E-state index contributed by atoms with van der Waals surface area (Å²) in [5.41, 5.74) is 15.6. The van der Waals surface area contributed by atoms with E-state index in [-0.39, 0.29) is 13.2 Å². The zero-order valence-electron chi connectivity index (χ0n) is 40.7. The van der Waals surface area contributed by atoms with Crippen molar-refractivity contribution in [1.82, 2.24) is 14.8 Å². The quantitative estimate of drug-likeness (QED) is 0.173. The zero-order chi connectivity index (χ0) is 47.4. The van der Waals surface area contributed by atoms with Crippen molar-refractivity contribution in [3.63, 3.8) is 0 Å². The van der Waals surface area contributed by atoms with Crippen LogP contribution in [0.3, 0.4) is 0 Å². The predicted octanol–water partition coefficient (Wildman–Crippen LogP) is 17.7. The number of fused-ring (bicyclic) bond motifs is 3. The van der Waals surface area contributed by atoms with Gasteiger partial charge in [0.15, 0.2) is 0 Å². The van der Waals surface area contributed by atoms with Crippen molar-refractivity contribution in [2.75, 3.05) is 0 Å². The molecule has 2 aliphatic heterocycles. The number of aryl methyl sites for hydroxylation is 4. The standard InChI is InChI=1S/C14H16.C11H15F.C11H13NS.C11H13N.C10H12N2S.CH4/c1-10(2)14-9-13-7-5-4-6-12(13)8-11(14)3;1-7(2)10-6-11(12)9(4)5-8(10)3;1-8(2)12-6-4-10-5-7-13-11(10)9(12)3;1-8(2)11-5-4-10(7-12)6-9(11)3;1-7(2)12-5-4-9-10(8(12)3)13-6-11-9;/h4-10H,1-3H3;5-7H,1-4H3;4-8H,3H2,1-2H3;4-6,8H,1-3H3;4-7H,3H2,1-2H3;1H4. The number of rotatable bonds is 5. The second kappa shape index (κ2) is 24.7. The molecule has 0 bridgehead atoms. The van der Waals surface area contributed by atoms with Gasteiger partial charge in [0.25, 0.3) is 0 Å². The molecule has 0 radical (unpaired) electrons. The highest BCUT2D eigenvalue weighted by Crippen LogP contribution is 2.34. The Hall–Kier alpha value is -5.55. The molecule has 4 heterocycles. The second-order valence-corrected chi connectivity index (χ2v) is 19.7.